The van der Waals surface area contributed by atoms with E-state index < -0.39 is 0 Å². The Morgan fingerprint density at radius 3 is 2.74 bits per heavy atom. The van der Waals surface area contributed by atoms with E-state index in [0.29, 0.717) is 43.8 Å². The zero-order chi connectivity index (χ0) is 24.3. The van der Waals surface area contributed by atoms with Crippen molar-refractivity contribution in [1.82, 2.24) is 0 Å². The van der Waals surface area contributed by atoms with Gasteiger partial charge >= 0.3 is 0 Å². The van der Waals surface area contributed by atoms with Crippen LogP contribution in [0.15, 0.2) is 53.5 Å². The van der Waals surface area contributed by atoms with Crippen molar-refractivity contribution < 1.29 is 19.1 Å². The molecule has 2 fully saturated rings. The van der Waals surface area contributed by atoms with Crippen molar-refractivity contribution in [3.05, 3.63) is 64.2 Å². The largest absolute Gasteiger partial charge is 0.493 e. The maximum absolute atomic E-state index is 11.8. The molecule has 0 radical (unpaired) electrons. The van der Waals surface area contributed by atoms with E-state index in [1.807, 2.05) is 18.2 Å². The van der Waals surface area contributed by atoms with E-state index >= 15 is 0 Å². The Bertz CT molecular complexity index is 1070. The number of nitrogens with one attached hydrogen (secondary N) is 1. The van der Waals surface area contributed by atoms with Crippen LogP contribution in [0.2, 0.25) is 0 Å². The molecule has 0 amide bonds. The number of nitrogens with zero attached hydrogens (tertiary/aromatic N) is 2. The van der Waals surface area contributed by atoms with E-state index in [1.54, 1.807) is 12.1 Å². The topological polar surface area (TPSA) is 95.2 Å². The third-order valence-corrected chi connectivity index (χ3v) is 7.22. The highest BCUT2D eigenvalue weighted by Crippen LogP contribution is 2.37. The van der Waals surface area contributed by atoms with Crippen molar-refractivity contribution in [1.29, 1.82) is 0 Å². The first-order valence-electron chi connectivity index (χ1n) is 12.5. The van der Waals surface area contributed by atoms with Gasteiger partial charge in [-0.1, -0.05) is 43.7 Å². The van der Waals surface area contributed by atoms with Crippen LogP contribution in [0, 0.1) is 21.4 Å². The molecular formula is C27H33N3O5. The van der Waals surface area contributed by atoms with Gasteiger partial charge in [0.05, 0.1) is 49.6 Å². The molecule has 1 N–H and O–H groups in total. The minimum absolute atomic E-state index is 0.0112. The summed E-state index contributed by atoms with van der Waals surface area (Å²) in [6.07, 6.45) is 5.15. The number of hydrogen-bond acceptors (Lipinski definition) is 7. The molecule has 186 valence electrons. The third kappa shape index (κ3) is 5.65. The van der Waals surface area contributed by atoms with Crippen LogP contribution in [0.1, 0.15) is 44.6 Å². The molecule has 1 aliphatic carbocycles. The monoisotopic (exact) mass is 479 g/mol. The lowest BCUT2D eigenvalue weighted by Gasteiger charge is -2.39. The molecule has 3 atom stereocenters. The maximum Gasteiger partial charge on any atom is 0.296 e. The Labute approximate surface area is 205 Å². The predicted molar refractivity (Wildman–Crippen MR) is 134 cm³/mol. The molecule has 0 bridgehead atoms. The SMILES string of the molecule is CC1(COc2ccc(NC3=NC4C(CCCC4OCc4ccccc4)CC3)c([N+](=O)[O-])c2)COC1. The number of hydrogen-bond donors (Lipinski definition) is 1. The second-order valence-electron chi connectivity index (χ2n) is 10.3. The molecule has 5 rings (SSSR count). The zero-order valence-electron chi connectivity index (χ0n) is 20.2. The molecule has 8 heteroatoms. The Kier molecular flexibility index (Phi) is 7.02. The smallest absolute Gasteiger partial charge is 0.296 e. The van der Waals surface area contributed by atoms with Gasteiger partial charge in [-0.3, -0.25) is 15.1 Å². The van der Waals surface area contributed by atoms with Crippen LogP contribution in [0.25, 0.3) is 0 Å². The van der Waals surface area contributed by atoms with Gasteiger partial charge in [0.2, 0.25) is 0 Å². The molecule has 8 nitrogen and oxygen atoms in total. The molecule has 2 aromatic carbocycles. The summed E-state index contributed by atoms with van der Waals surface area (Å²) in [5.74, 6) is 1.78. The number of rotatable bonds is 8. The lowest BCUT2D eigenvalue weighted by molar-refractivity contribution is -0.384. The van der Waals surface area contributed by atoms with Crippen LogP contribution < -0.4 is 10.1 Å². The molecule has 1 saturated heterocycles. The van der Waals surface area contributed by atoms with Crippen molar-refractivity contribution in [2.24, 2.45) is 16.3 Å². The first-order chi connectivity index (χ1) is 17.0. The summed E-state index contributed by atoms with van der Waals surface area (Å²) in [7, 11) is 0. The average molecular weight is 480 g/mol. The summed E-state index contributed by atoms with van der Waals surface area (Å²) >= 11 is 0. The Hall–Kier alpha value is -2.97. The molecule has 0 aromatic heterocycles. The molecule has 3 unspecified atom stereocenters. The number of anilines is 1. The van der Waals surface area contributed by atoms with E-state index in [-0.39, 0.29) is 28.2 Å². The first-order valence-corrected chi connectivity index (χ1v) is 12.5. The highest BCUT2D eigenvalue weighted by molar-refractivity contribution is 5.98. The minimum Gasteiger partial charge on any atom is -0.493 e. The molecule has 0 spiro atoms. The van der Waals surface area contributed by atoms with Crippen molar-refractivity contribution >= 4 is 17.2 Å². The average Bonchev–Trinajstić information content (AvgIpc) is 2.86. The number of benzene rings is 2. The third-order valence-electron chi connectivity index (χ3n) is 7.22. The van der Waals surface area contributed by atoms with Crippen molar-refractivity contribution in [2.75, 3.05) is 25.1 Å². The van der Waals surface area contributed by atoms with E-state index in [4.69, 9.17) is 19.2 Å². The van der Waals surface area contributed by atoms with Crippen molar-refractivity contribution in [3.63, 3.8) is 0 Å². The van der Waals surface area contributed by atoms with Crippen molar-refractivity contribution in [2.45, 2.75) is 57.8 Å². The van der Waals surface area contributed by atoms with Crippen LogP contribution in [0.4, 0.5) is 11.4 Å². The maximum atomic E-state index is 11.8. The van der Waals surface area contributed by atoms with Crippen LogP contribution in [0.5, 0.6) is 5.75 Å². The zero-order valence-corrected chi connectivity index (χ0v) is 20.2. The summed E-state index contributed by atoms with van der Waals surface area (Å²) in [4.78, 5) is 16.5. The second-order valence-corrected chi connectivity index (χ2v) is 10.3. The molecule has 3 aliphatic rings. The number of nitro groups is 1. The fourth-order valence-corrected chi connectivity index (χ4v) is 5.16. The fraction of sp³-hybridized carbons (Fsp3) is 0.519. The van der Waals surface area contributed by atoms with Gasteiger partial charge in [-0.25, -0.2) is 0 Å². The summed E-state index contributed by atoms with van der Waals surface area (Å²) in [5, 5.41) is 15.1. The Balaban J connectivity index is 1.27. The van der Waals surface area contributed by atoms with Crippen LogP contribution >= 0.6 is 0 Å². The Morgan fingerprint density at radius 2 is 2.00 bits per heavy atom. The van der Waals surface area contributed by atoms with Gasteiger partial charge in [-0.2, -0.15) is 0 Å². The molecule has 2 aromatic rings. The first kappa shape index (κ1) is 23.8. The van der Waals surface area contributed by atoms with Crippen LogP contribution in [-0.4, -0.2) is 42.7 Å². The van der Waals surface area contributed by atoms with E-state index in [2.05, 4.69) is 24.4 Å². The number of ether oxygens (including phenoxy) is 3. The summed E-state index contributed by atoms with van der Waals surface area (Å²) in [6.45, 7) is 4.42. The fourth-order valence-electron chi connectivity index (χ4n) is 5.16. The quantitative estimate of drug-likeness (QED) is 0.404. The highest BCUT2D eigenvalue weighted by atomic mass is 16.6. The van der Waals surface area contributed by atoms with Crippen molar-refractivity contribution in [3.8, 4) is 5.75 Å². The van der Waals surface area contributed by atoms with Crippen LogP contribution in [-0.2, 0) is 16.1 Å². The molecular weight excluding hydrogens is 446 g/mol. The summed E-state index contributed by atoms with van der Waals surface area (Å²) < 4.78 is 17.4. The van der Waals surface area contributed by atoms with Gasteiger partial charge in [0.1, 0.15) is 17.3 Å². The summed E-state index contributed by atoms with van der Waals surface area (Å²) in [5.41, 5.74) is 1.56. The van der Waals surface area contributed by atoms with Gasteiger partial charge in [0, 0.05) is 11.8 Å². The molecule has 1 saturated carbocycles. The van der Waals surface area contributed by atoms with Gasteiger partial charge < -0.3 is 19.5 Å². The lowest BCUT2D eigenvalue weighted by Crippen LogP contribution is -2.44. The van der Waals surface area contributed by atoms with E-state index in [9.17, 15) is 10.1 Å². The molecule has 35 heavy (non-hydrogen) atoms. The normalized spacial score (nSPS) is 25.1. The van der Waals surface area contributed by atoms with Gasteiger partial charge in [0.15, 0.2) is 0 Å². The van der Waals surface area contributed by atoms with E-state index in [0.717, 1.165) is 43.5 Å². The lowest BCUT2D eigenvalue weighted by atomic mass is 9.78. The molecule has 2 aliphatic heterocycles. The number of aliphatic imine (C=N–C) groups is 1. The van der Waals surface area contributed by atoms with Gasteiger partial charge in [-0.15, -0.1) is 0 Å². The molecule has 2 heterocycles. The Morgan fingerprint density at radius 1 is 1.17 bits per heavy atom. The standard InChI is InChI=1S/C27H33N3O5/c1-27(16-33-17-27)18-35-21-11-12-22(23(14-21)30(31)32)28-25-13-10-20-8-5-9-24(26(20)29-25)34-15-19-6-3-2-4-7-19/h2-4,6-7,11-12,14,20,24,26H,5,8-10,13,15-18H2,1H3,(H,28,29). The van der Waals surface area contributed by atoms with Crippen LogP contribution in [0.3, 0.4) is 0 Å². The van der Waals surface area contributed by atoms with Gasteiger partial charge in [0.25, 0.3) is 5.69 Å². The minimum atomic E-state index is -0.373. The van der Waals surface area contributed by atoms with E-state index in [1.165, 1.54) is 6.07 Å². The van der Waals surface area contributed by atoms with Gasteiger partial charge in [-0.05, 0) is 42.9 Å². The number of nitro benzene ring substituents is 1. The number of fused-ring (bicyclic) bond motifs is 1. The predicted octanol–water partition coefficient (Wildman–Crippen LogP) is 5.37. The summed E-state index contributed by atoms with van der Waals surface area (Å²) in [6, 6.07) is 15.3. The highest BCUT2D eigenvalue weighted by Gasteiger charge is 2.37. The second kappa shape index (κ2) is 10.3. The number of amidine groups is 1.